The molecule has 4 aromatic rings. The Bertz CT molecular complexity index is 1250. The van der Waals surface area contributed by atoms with E-state index < -0.39 is 0 Å². The van der Waals surface area contributed by atoms with Gasteiger partial charge in [0.2, 0.25) is 11.3 Å². The van der Waals surface area contributed by atoms with Gasteiger partial charge in [0.1, 0.15) is 5.52 Å². The van der Waals surface area contributed by atoms with Crippen LogP contribution in [0.3, 0.4) is 0 Å². The molecule has 3 aromatic heterocycles. The lowest BCUT2D eigenvalue weighted by molar-refractivity contribution is -0.0395. The van der Waals surface area contributed by atoms with Gasteiger partial charge >= 0.3 is 0 Å². The number of rotatable bonds is 1. The van der Waals surface area contributed by atoms with Crippen molar-refractivity contribution < 1.29 is 9.15 Å². The van der Waals surface area contributed by atoms with Gasteiger partial charge in [0.25, 0.3) is 5.56 Å². The molecule has 0 saturated heterocycles. The molecule has 5 rings (SSSR count). The summed E-state index contributed by atoms with van der Waals surface area (Å²) >= 11 is 0. The number of furan rings is 1. The van der Waals surface area contributed by atoms with Gasteiger partial charge < -0.3 is 9.15 Å². The zero-order valence-electron chi connectivity index (χ0n) is 15.4. The van der Waals surface area contributed by atoms with Crippen LogP contribution in [0.4, 0.5) is 0 Å². The summed E-state index contributed by atoms with van der Waals surface area (Å²) in [7, 11) is 1.66. The molecule has 0 saturated carbocycles. The summed E-state index contributed by atoms with van der Waals surface area (Å²) in [6.45, 7) is 4.60. The first-order chi connectivity index (χ1) is 12.9. The van der Waals surface area contributed by atoms with E-state index in [9.17, 15) is 4.79 Å². The summed E-state index contributed by atoms with van der Waals surface area (Å²) in [4.78, 5) is 21.8. The lowest BCUT2D eigenvalue weighted by Crippen LogP contribution is -2.32. The van der Waals surface area contributed by atoms with Gasteiger partial charge in [-0.15, -0.1) is 0 Å². The average molecular weight is 361 g/mol. The fourth-order valence-electron chi connectivity index (χ4n) is 3.78. The molecule has 0 amide bonds. The number of pyridine rings is 1. The third-order valence-corrected chi connectivity index (χ3v) is 5.16. The van der Waals surface area contributed by atoms with Gasteiger partial charge in [0, 0.05) is 24.6 Å². The van der Waals surface area contributed by atoms with E-state index in [2.05, 4.69) is 18.8 Å². The van der Waals surface area contributed by atoms with Crippen LogP contribution in [-0.4, -0.2) is 20.1 Å². The molecular formula is C21H19N3O3. The highest BCUT2D eigenvalue weighted by Crippen LogP contribution is 2.40. The van der Waals surface area contributed by atoms with Crippen LogP contribution >= 0.6 is 0 Å². The van der Waals surface area contributed by atoms with E-state index in [0.717, 1.165) is 27.8 Å². The largest absolute Gasteiger partial charge is 0.430 e. The van der Waals surface area contributed by atoms with E-state index in [1.54, 1.807) is 7.05 Å². The molecule has 1 aromatic carbocycles. The number of aryl methyl sites for hydroxylation is 1. The van der Waals surface area contributed by atoms with Crippen LogP contribution in [0.5, 0.6) is 0 Å². The van der Waals surface area contributed by atoms with Gasteiger partial charge in [-0.1, -0.05) is 30.3 Å². The molecule has 0 unspecified atom stereocenters. The van der Waals surface area contributed by atoms with Gasteiger partial charge in [0.05, 0.1) is 29.6 Å². The highest BCUT2D eigenvalue weighted by atomic mass is 16.5. The smallest absolute Gasteiger partial charge is 0.296 e. The molecule has 27 heavy (non-hydrogen) atoms. The fourth-order valence-corrected chi connectivity index (χ4v) is 3.78. The molecule has 0 spiro atoms. The summed E-state index contributed by atoms with van der Waals surface area (Å²) < 4.78 is 13.4. The topological polar surface area (TPSA) is 70.2 Å². The zero-order chi connectivity index (χ0) is 18.8. The molecule has 1 aliphatic heterocycles. The van der Waals surface area contributed by atoms with Crippen molar-refractivity contribution in [3.63, 3.8) is 0 Å². The molecule has 1 aliphatic rings. The van der Waals surface area contributed by atoms with Crippen molar-refractivity contribution in [1.82, 2.24) is 14.5 Å². The molecule has 4 heterocycles. The monoisotopic (exact) mass is 361 g/mol. The second-order valence-corrected chi connectivity index (χ2v) is 7.63. The van der Waals surface area contributed by atoms with E-state index in [1.807, 2.05) is 30.3 Å². The first-order valence-corrected chi connectivity index (χ1v) is 8.93. The quantitative estimate of drug-likeness (QED) is 0.518. The number of aromatic nitrogens is 3. The van der Waals surface area contributed by atoms with Gasteiger partial charge in [0.15, 0.2) is 0 Å². The van der Waals surface area contributed by atoms with E-state index in [-0.39, 0.29) is 16.7 Å². The van der Waals surface area contributed by atoms with Crippen LogP contribution in [-0.2, 0) is 24.8 Å². The van der Waals surface area contributed by atoms with Crippen molar-refractivity contribution in [2.45, 2.75) is 32.5 Å². The average Bonchev–Trinajstić information content (AvgIpc) is 3.03. The predicted octanol–water partition coefficient (Wildman–Crippen LogP) is 3.59. The first kappa shape index (κ1) is 16.2. The summed E-state index contributed by atoms with van der Waals surface area (Å²) in [5, 5.41) is 0.828. The summed E-state index contributed by atoms with van der Waals surface area (Å²) in [5.41, 5.74) is 4.75. The Kier molecular flexibility index (Phi) is 3.30. The Balaban J connectivity index is 1.93. The molecular weight excluding hydrogens is 342 g/mol. The van der Waals surface area contributed by atoms with Crippen LogP contribution in [0.25, 0.3) is 33.5 Å². The van der Waals surface area contributed by atoms with E-state index in [0.29, 0.717) is 24.3 Å². The zero-order valence-corrected chi connectivity index (χ0v) is 15.4. The maximum atomic E-state index is 12.5. The molecule has 0 fully saturated rings. The number of ether oxygens (including phenoxy) is 1. The van der Waals surface area contributed by atoms with Crippen molar-refractivity contribution in [2.75, 3.05) is 0 Å². The summed E-state index contributed by atoms with van der Waals surface area (Å²) in [6.07, 6.45) is 2.23. The Hall–Kier alpha value is -2.99. The number of nitrogens with zero attached hydrogens (tertiary/aromatic N) is 3. The molecule has 0 atom stereocenters. The number of fused-ring (bicyclic) bond motifs is 5. The second kappa shape index (κ2) is 5.50. The van der Waals surface area contributed by atoms with Crippen LogP contribution in [0.15, 0.2) is 45.9 Å². The van der Waals surface area contributed by atoms with E-state index in [4.69, 9.17) is 14.1 Å². The molecule has 6 nitrogen and oxygen atoms in total. The lowest BCUT2D eigenvalue weighted by Gasteiger charge is -2.33. The number of benzene rings is 1. The molecule has 6 heteroatoms. The minimum Gasteiger partial charge on any atom is -0.430 e. The highest BCUT2D eigenvalue weighted by molar-refractivity contribution is 6.04. The first-order valence-electron chi connectivity index (χ1n) is 8.93. The van der Waals surface area contributed by atoms with Crippen molar-refractivity contribution >= 4 is 22.2 Å². The van der Waals surface area contributed by atoms with Crippen LogP contribution in [0.2, 0.25) is 0 Å². The van der Waals surface area contributed by atoms with Crippen LogP contribution < -0.4 is 5.56 Å². The van der Waals surface area contributed by atoms with Crippen molar-refractivity contribution in [3.05, 3.63) is 58.1 Å². The summed E-state index contributed by atoms with van der Waals surface area (Å²) in [6, 6.07) is 9.99. The molecule has 0 N–H and O–H groups in total. The molecule has 0 bridgehead atoms. The lowest BCUT2D eigenvalue weighted by atomic mass is 9.88. The maximum Gasteiger partial charge on any atom is 0.296 e. The SMILES string of the molecule is Cn1cnc2c(oc3nc(-c4ccccc4)c4c(c32)CC(C)(C)OC4)c1=O. The fraction of sp³-hybridized carbons (Fsp3) is 0.286. The minimum absolute atomic E-state index is 0.209. The normalized spacial score (nSPS) is 16.0. The standard InChI is InChI=1S/C21H19N3O3/c1-21(2)9-13-14(10-26-21)16(12-7-5-4-6-8-12)23-19-15(13)17-18(27-19)20(25)24(3)11-22-17/h4-8,11H,9-10H2,1-3H3. The number of hydrogen-bond donors (Lipinski definition) is 0. The van der Waals surface area contributed by atoms with Crippen molar-refractivity contribution in [1.29, 1.82) is 0 Å². The van der Waals surface area contributed by atoms with Crippen molar-refractivity contribution in [3.8, 4) is 11.3 Å². The number of hydrogen-bond acceptors (Lipinski definition) is 5. The van der Waals surface area contributed by atoms with E-state index in [1.165, 1.54) is 10.9 Å². The van der Waals surface area contributed by atoms with Gasteiger partial charge in [-0.05, 0) is 19.4 Å². The van der Waals surface area contributed by atoms with Gasteiger partial charge in [-0.3, -0.25) is 9.36 Å². The Morgan fingerprint density at radius 1 is 1.15 bits per heavy atom. The second-order valence-electron chi connectivity index (χ2n) is 7.63. The maximum absolute atomic E-state index is 12.5. The summed E-state index contributed by atoms with van der Waals surface area (Å²) in [5.74, 6) is 0. The third kappa shape index (κ3) is 2.40. The van der Waals surface area contributed by atoms with Crippen molar-refractivity contribution in [2.24, 2.45) is 7.05 Å². The molecule has 0 radical (unpaired) electrons. The van der Waals surface area contributed by atoms with Crippen LogP contribution in [0.1, 0.15) is 25.0 Å². The van der Waals surface area contributed by atoms with Crippen LogP contribution in [0, 0.1) is 0 Å². The Morgan fingerprint density at radius 2 is 1.93 bits per heavy atom. The Labute approximate surface area is 155 Å². The molecule has 136 valence electrons. The molecule has 0 aliphatic carbocycles. The van der Waals surface area contributed by atoms with E-state index >= 15 is 0 Å². The minimum atomic E-state index is -0.307. The van der Waals surface area contributed by atoms with Gasteiger partial charge in [-0.2, -0.15) is 0 Å². The predicted molar refractivity (Wildman–Crippen MR) is 103 cm³/mol. The third-order valence-electron chi connectivity index (χ3n) is 5.16. The Morgan fingerprint density at radius 3 is 2.70 bits per heavy atom. The highest BCUT2D eigenvalue weighted by Gasteiger charge is 2.32. The van der Waals surface area contributed by atoms with Gasteiger partial charge in [-0.25, -0.2) is 9.97 Å².